The summed E-state index contributed by atoms with van der Waals surface area (Å²) in [5.74, 6) is 0.436. The Morgan fingerprint density at radius 1 is 1.53 bits per heavy atom. The predicted molar refractivity (Wildman–Crippen MR) is 58.6 cm³/mol. The van der Waals surface area contributed by atoms with E-state index in [-0.39, 0.29) is 0 Å². The molecule has 5 nitrogen and oxygen atoms in total. The first-order valence-electron chi connectivity index (χ1n) is 5.43. The standard InChI is InChI=1S/C10H19N3O2/c1-2-3-9(12-13-10(11)14)8-4-6-15-7-5-8/h8H,2-7H2,1H3,(H3,11,13,14). The van der Waals surface area contributed by atoms with Crippen LogP contribution in [0.4, 0.5) is 4.79 Å². The van der Waals surface area contributed by atoms with Crippen molar-refractivity contribution in [2.45, 2.75) is 32.6 Å². The quantitative estimate of drug-likeness (QED) is 0.544. The van der Waals surface area contributed by atoms with Gasteiger partial charge in [0.1, 0.15) is 0 Å². The number of urea groups is 1. The maximum Gasteiger partial charge on any atom is 0.332 e. The molecule has 2 amide bonds. The molecule has 0 aromatic heterocycles. The first kappa shape index (κ1) is 12.0. The van der Waals surface area contributed by atoms with Crippen molar-refractivity contribution in [2.24, 2.45) is 16.8 Å². The lowest BCUT2D eigenvalue weighted by molar-refractivity contribution is 0.0822. The van der Waals surface area contributed by atoms with Crippen LogP contribution in [0, 0.1) is 5.92 Å². The van der Waals surface area contributed by atoms with Crippen molar-refractivity contribution >= 4 is 11.7 Å². The van der Waals surface area contributed by atoms with Crippen LogP contribution in [-0.2, 0) is 4.74 Å². The van der Waals surface area contributed by atoms with Crippen LogP contribution in [0.5, 0.6) is 0 Å². The summed E-state index contributed by atoms with van der Waals surface area (Å²) >= 11 is 0. The summed E-state index contributed by atoms with van der Waals surface area (Å²) in [5, 5.41) is 4.07. The van der Waals surface area contributed by atoms with Gasteiger partial charge in [-0.3, -0.25) is 0 Å². The fourth-order valence-electron chi connectivity index (χ4n) is 1.77. The monoisotopic (exact) mass is 213 g/mol. The molecule has 1 fully saturated rings. The van der Waals surface area contributed by atoms with Gasteiger partial charge in [-0.15, -0.1) is 0 Å². The minimum absolute atomic E-state index is 0.436. The molecule has 15 heavy (non-hydrogen) atoms. The summed E-state index contributed by atoms with van der Waals surface area (Å²) in [6.07, 6.45) is 3.90. The van der Waals surface area contributed by atoms with E-state index in [9.17, 15) is 4.79 Å². The molecule has 0 spiro atoms. The SMILES string of the molecule is CCCC(=NNC(N)=O)C1CCOCC1. The Morgan fingerprint density at radius 3 is 2.73 bits per heavy atom. The zero-order valence-corrected chi connectivity index (χ0v) is 9.16. The third kappa shape index (κ3) is 4.29. The van der Waals surface area contributed by atoms with Crippen molar-refractivity contribution in [2.75, 3.05) is 13.2 Å². The Balaban J connectivity index is 2.54. The summed E-state index contributed by atoms with van der Waals surface area (Å²) in [6.45, 7) is 3.66. The van der Waals surface area contributed by atoms with E-state index >= 15 is 0 Å². The lowest BCUT2D eigenvalue weighted by Crippen LogP contribution is -2.29. The first-order valence-corrected chi connectivity index (χ1v) is 5.43. The van der Waals surface area contributed by atoms with Crippen molar-refractivity contribution in [1.82, 2.24) is 5.43 Å². The molecule has 0 aromatic rings. The lowest BCUT2D eigenvalue weighted by Gasteiger charge is -2.23. The largest absolute Gasteiger partial charge is 0.381 e. The number of nitrogens with two attached hydrogens (primary N) is 1. The van der Waals surface area contributed by atoms with Crippen LogP contribution in [0.3, 0.4) is 0 Å². The van der Waals surface area contributed by atoms with E-state index in [1.807, 2.05) is 0 Å². The molecule has 0 aromatic carbocycles. The van der Waals surface area contributed by atoms with Crippen molar-refractivity contribution in [1.29, 1.82) is 0 Å². The summed E-state index contributed by atoms with van der Waals surface area (Å²) in [4.78, 5) is 10.6. The van der Waals surface area contributed by atoms with E-state index in [2.05, 4.69) is 17.5 Å². The summed E-state index contributed by atoms with van der Waals surface area (Å²) < 4.78 is 5.29. The van der Waals surface area contributed by atoms with Gasteiger partial charge in [0.15, 0.2) is 0 Å². The van der Waals surface area contributed by atoms with Crippen LogP contribution >= 0.6 is 0 Å². The Bertz CT molecular complexity index is 235. The second-order valence-electron chi connectivity index (χ2n) is 3.72. The van der Waals surface area contributed by atoms with E-state index in [1.165, 1.54) is 0 Å². The fraction of sp³-hybridized carbons (Fsp3) is 0.800. The lowest BCUT2D eigenvalue weighted by atomic mass is 9.92. The highest BCUT2D eigenvalue weighted by Crippen LogP contribution is 2.18. The van der Waals surface area contributed by atoms with Crippen LogP contribution in [0.25, 0.3) is 0 Å². The number of nitrogens with one attached hydrogen (secondary N) is 1. The van der Waals surface area contributed by atoms with Gasteiger partial charge in [-0.2, -0.15) is 5.10 Å². The average molecular weight is 213 g/mol. The van der Waals surface area contributed by atoms with E-state index < -0.39 is 6.03 Å². The maximum atomic E-state index is 10.6. The van der Waals surface area contributed by atoms with E-state index in [0.717, 1.165) is 44.6 Å². The van der Waals surface area contributed by atoms with E-state index in [1.54, 1.807) is 0 Å². The average Bonchev–Trinajstić information content (AvgIpc) is 2.25. The van der Waals surface area contributed by atoms with Crippen LogP contribution < -0.4 is 11.2 Å². The minimum atomic E-state index is -0.601. The van der Waals surface area contributed by atoms with Crippen molar-refractivity contribution < 1.29 is 9.53 Å². The molecule has 1 rings (SSSR count). The normalized spacial score (nSPS) is 18.9. The number of carbonyl (C=O) groups is 1. The highest BCUT2D eigenvalue weighted by atomic mass is 16.5. The Labute approximate surface area is 90.0 Å². The second-order valence-corrected chi connectivity index (χ2v) is 3.72. The summed E-state index contributed by atoms with van der Waals surface area (Å²) in [6, 6.07) is -0.601. The van der Waals surface area contributed by atoms with E-state index in [0.29, 0.717) is 5.92 Å². The van der Waals surface area contributed by atoms with Gasteiger partial charge in [-0.25, -0.2) is 10.2 Å². The van der Waals surface area contributed by atoms with Crippen molar-refractivity contribution in [3.05, 3.63) is 0 Å². The molecule has 1 aliphatic heterocycles. The predicted octanol–water partition coefficient (Wildman–Crippen LogP) is 1.24. The van der Waals surface area contributed by atoms with Gasteiger partial charge in [-0.05, 0) is 19.3 Å². The van der Waals surface area contributed by atoms with E-state index in [4.69, 9.17) is 10.5 Å². The van der Waals surface area contributed by atoms with Gasteiger partial charge in [0.05, 0.1) is 0 Å². The summed E-state index contributed by atoms with van der Waals surface area (Å²) in [5.41, 5.74) is 8.34. The molecule has 0 atom stereocenters. The number of hydrogen-bond donors (Lipinski definition) is 2. The molecule has 1 aliphatic rings. The zero-order valence-electron chi connectivity index (χ0n) is 9.16. The molecule has 0 aliphatic carbocycles. The molecule has 0 bridgehead atoms. The van der Waals surface area contributed by atoms with Crippen LogP contribution in [0.2, 0.25) is 0 Å². The molecular weight excluding hydrogens is 194 g/mol. The molecule has 86 valence electrons. The van der Waals surface area contributed by atoms with Gasteiger partial charge in [0.25, 0.3) is 0 Å². The van der Waals surface area contributed by atoms with Crippen LogP contribution in [0.1, 0.15) is 32.6 Å². The number of ether oxygens (including phenoxy) is 1. The number of primary amides is 1. The topological polar surface area (TPSA) is 76.7 Å². The molecule has 0 saturated carbocycles. The molecular formula is C10H19N3O2. The molecule has 1 saturated heterocycles. The van der Waals surface area contributed by atoms with Crippen LogP contribution in [-0.4, -0.2) is 25.0 Å². The van der Waals surface area contributed by atoms with Gasteiger partial charge >= 0.3 is 6.03 Å². The summed E-state index contributed by atoms with van der Waals surface area (Å²) in [7, 11) is 0. The highest BCUT2D eigenvalue weighted by molar-refractivity contribution is 5.88. The fourth-order valence-corrected chi connectivity index (χ4v) is 1.77. The number of nitrogens with zero attached hydrogens (tertiary/aromatic N) is 1. The zero-order chi connectivity index (χ0) is 11.1. The Kier molecular flexibility index (Phi) is 5.10. The van der Waals surface area contributed by atoms with Gasteiger partial charge in [-0.1, -0.05) is 13.3 Å². The van der Waals surface area contributed by atoms with Crippen molar-refractivity contribution in [3.8, 4) is 0 Å². The molecule has 5 heteroatoms. The molecule has 3 N–H and O–H groups in total. The molecule has 0 unspecified atom stereocenters. The smallest absolute Gasteiger partial charge is 0.332 e. The number of rotatable bonds is 4. The molecule has 1 heterocycles. The van der Waals surface area contributed by atoms with Crippen LogP contribution in [0.15, 0.2) is 5.10 Å². The maximum absolute atomic E-state index is 10.6. The minimum Gasteiger partial charge on any atom is -0.381 e. The number of hydrazone groups is 1. The highest BCUT2D eigenvalue weighted by Gasteiger charge is 2.19. The van der Waals surface area contributed by atoms with Gasteiger partial charge in [0, 0.05) is 24.8 Å². The third-order valence-electron chi connectivity index (χ3n) is 2.51. The molecule has 0 radical (unpaired) electrons. The van der Waals surface area contributed by atoms with Gasteiger partial charge in [0.2, 0.25) is 0 Å². The Hall–Kier alpha value is -1.10. The first-order chi connectivity index (χ1) is 7.24. The van der Waals surface area contributed by atoms with Gasteiger partial charge < -0.3 is 10.5 Å². The Morgan fingerprint density at radius 2 is 2.20 bits per heavy atom. The third-order valence-corrected chi connectivity index (χ3v) is 2.51. The number of amides is 2. The number of hydrogen-bond acceptors (Lipinski definition) is 3. The van der Waals surface area contributed by atoms with Crippen molar-refractivity contribution in [3.63, 3.8) is 0 Å². The number of carbonyl (C=O) groups excluding carboxylic acids is 1. The second kappa shape index (κ2) is 6.40.